The van der Waals surface area contributed by atoms with Gasteiger partial charge in [-0.05, 0) is 53.9 Å². The molecule has 0 aromatic heterocycles. The van der Waals surface area contributed by atoms with Crippen LogP contribution in [-0.2, 0) is 9.59 Å². The number of halogens is 1. The van der Waals surface area contributed by atoms with E-state index in [9.17, 15) is 14.4 Å². The molecule has 0 spiro atoms. The van der Waals surface area contributed by atoms with Crippen molar-refractivity contribution < 1.29 is 28.6 Å². The molecule has 9 heteroatoms. The number of carbonyl (C=O) groups is 3. The summed E-state index contributed by atoms with van der Waals surface area (Å²) in [7, 11) is 2.92. The predicted molar refractivity (Wildman–Crippen MR) is 140 cm³/mol. The zero-order valence-corrected chi connectivity index (χ0v) is 21.5. The summed E-state index contributed by atoms with van der Waals surface area (Å²) in [4.78, 5) is 39.6. The molecule has 0 bridgehead atoms. The Hall–Kier alpha value is -4.30. The minimum absolute atomic E-state index is 0.0919. The number of nitrogens with one attached hydrogen (secondary N) is 1. The van der Waals surface area contributed by atoms with Gasteiger partial charge in [-0.25, -0.2) is 9.69 Å². The molecule has 3 aromatic carbocycles. The number of imide groups is 1. The summed E-state index contributed by atoms with van der Waals surface area (Å²) >= 11 is 6.25. The number of hydrogen-bond donors (Lipinski definition) is 1. The molecule has 0 atom stereocenters. The molecule has 4 rings (SSSR count). The number of amides is 2. The molecular formula is C28H25ClN2O6. The number of benzene rings is 3. The van der Waals surface area contributed by atoms with E-state index in [0.29, 0.717) is 22.7 Å². The lowest BCUT2D eigenvalue weighted by atomic mass is 10.0. The lowest BCUT2D eigenvalue weighted by molar-refractivity contribution is -0.120. The average molecular weight is 521 g/mol. The molecule has 0 fully saturated rings. The Balaban J connectivity index is 1.51. The Morgan fingerprint density at radius 2 is 1.59 bits per heavy atom. The Morgan fingerprint density at radius 3 is 2.24 bits per heavy atom. The Bertz CT molecular complexity index is 1400. The van der Waals surface area contributed by atoms with Crippen LogP contribution in [0.15, 0.2) is 77.5 Å². The molecule has 1 N–H and O–H groups in total. The van der Waals surface area contributed by atoms with Gasteiger partial charge in [0.2, 0.25) is 0 Å². The Morgan fingerprint density at radius 1 is 0.892 bits per heavy atom. The molecule has 0 saturated heterocycles. The maximum Gasteiger partial charge on any atom is 0.343 e. The number of methoxy groups -OCH3 is 2. The summed E-state index contributed by atoms with van der Waals surface area (Å²) in [6.07, 6.45) is 0. The maximum absolute atomic E-state index is 13.2. The average Bonchev–Trinajstić information content (AvgIpc) is 3.11. The summed E-state index contributed by atoms with van der Waals surface area (Å²) in [6, 6.07) is 18.4. The van der Waals surface area contributed by atoms with Crippen LogP contribution in [-0.4, -0.2) is 32.0 Å². The van der Waals surface area contributed by atoms with Crippen LogP contribution >= 0.6 is 11.6 Å². The maximum atomic E-state index is 13.2. The smallest absolute Gasteiger partial charge is 0.343 e. The van der Waals surface area contributed by atoms with Crippen LogP contribution in [0, 0.1) is 0 Å². The fourth-order valence-electron chi connectivity index (χ4n) is 3.84. The highest BCUT2D eigenvalue weighted by atomic mass is 35.5. The van der Waals surface area contributed by atoms with Gasteiger partial charge in [-0.2, -0.15) is 0 Å². The van der Waals surface area contributed by atoms with Crippen LogP contribution in [0.25, 0.3) is 0 Å². The summed E-state index contributed by atoms with van der Waals surface area (Å²) in [5, 5.41) is 2.62. The molecule has 8 nitrogen and oxygen atoms in total. The van der Waals surface area contributed by atoms with E-state index in [1.807, 2.05) is 32.0 Å². The van der Waals surface area contributed by atoms with Crippen molar-refractivity contribution in [3.8, 4) is 17.2 Å². The van der Waals surface area contributed by atoms with Gasteiger partial charge in [0.05, 0.1) is 25.5 Å². The van der Waals surface area contributed by atoms with Crippen molar-refractivity contribution in [1.82, 2.24) is 0 Å². The van der Waals surface area contributed by atoms with Gasteiger partial charge in [0, 0.05) is 11.8 Å². The van der Waals surface area contributed by atoms with Crippen LogP contribution in [0.3, 0.4) is 0 Å². The van der Waals surface area contributed by atoms with E-state index < -0.39 is 17.8 Å². The Labute approximate surface area is 219 Å². The molecule has 1 heterocycles. The molecule has 0 aliphatic carbocycles. The number of ether oxygens (including phenoxy) is 3. The number of nitrogens with zero attached hydrogens (tertiary/aromatic N) is 1. The number of para-hydroxylation sites is 1. The first kappa shape index (κ1) is 25.8. The monoisotopic (exact) mass is 520 g/mol. The third-order valence-electron chi connectivity index (χ3n) is 5.79. The van der Waals surface area contributed by atoms with Crippen molar-refractivity contribution in [1.29, 1.82) is 0 Å². The molecular weight excluding hydrogens is 496 g/mol. The zero-order valence-electron chi connectivity index (χ0n) is 20.7. The fourth-order valence-corrected chi connectivity index (χ4v) is 4.06. The minimum Gasteiger partial charge on any atom is -0.497 e. The second kappa shape index (κ2) is 10.8. The van der Waals surface area contributed by atoms with Crippen LogP contribution in [0.1, 0.15) is 35.7 Å². The van der Waals surface area contributed by atoms with Crippen molar-refractivity contribution in [3.05, 3.63) is 88.6 Å². The predicted octanol–water partition coefficient (Wildman–Crippen LogP) is 5.48. The molecule has 2 amide bonds. The highest BCUT2D eigenvalue weighted by Crippen LogP contribution is 2.37. The van der Waals surface area contributed by atoms with Gasteiger partial charge < -0.3 is 19.5 Å². The lowest BCUT2D eigenvalue weighted by Gasteiger charge is -2.18. The third-order valence-corrected chi connectivity index (χ3v) is 6.14. The van der Waals surface area contributed by atoms with Gasteiger partial charge in [0.15, 0.2) is 0 Å². The topological polar surface area (TPSA) is 94.2 Å². The highest BCUT2D eigenvalue weighted by Gasteiger charge is 2.40. The van der Waals surface area contributed by atoms with E-state index in [0.717, 1.165) is 10.5 Å². The van der Waals surface area contributed by atoms with E-state index in [2.05, 4.69) is 5.32 Å². The first-order valence-electron chi connectivity index (χ1n) is 11.4. The third kappa shape index (κ3) is 5.15. The van der Waals surface area contributed by atoms with Crippen molar-refractivity contribution >= 4 is 40.8 Å². The largest absolute Gasteiger partial charge is 0.497 e. The molecule has 0 unspecified atom stereocenters. The molecule has 1 aliphatic heterocycles. The first-order chi connectivity index (χ1) is 17.7. The molecule has 3 aromatic rings. The lowest BCUT2D eigenvalue weighted by Crippen LogP contribution is -2.32. The number of rotatable bonds is 8. The minimum atomic E-state index is -0.693. The summed E-state index contributed by atoms with van der Waals surface area (Å²) in [5.41, 5.74) is 1.84. The van der Waals surface area contributed by atoms with Crippen molar-refractivity contribution in [2.24, 2.45) is 0 Å². The van der Waals surface area contributed by atoms with Gasteiger partial charge in [-0.15, -0.1) is 0 Å². The van der Waals surface area contributed by atoms with Crippen molar-refractivity contribution in [2.45, 2.75) is 19.8 Å². The van der Waals surface area contributed by atoms with E-state index in [-0.39, 0.29) is 28.1 Å². The zero-order chi connectivity index (χ0) is 26.7. The first-order valence-corrected chi connectivity index (χ1v) is 11.8. The normalized spacial score (nSPS) is 13.3. The molecule has 0 saturated carbocycles. The molecule has 0 radical (unpaired) electrons. The summed E-state index contributed by atoms with van der Waals surface area (Å²) in [6.45, 7) is 4.04. The van der Waals surface area contributed by atoms with E-state index >= 15 is 0 Å². The van der Waals surface area contributed by atoms with Crippen LogP contribution < -0.4 is 24.4 Å². The highest BCUT2D eigenvalue weighted by molar-refractivity contribution is 6.53. The summed E-state index contributed by atoms with van der Waals surface area (Å²) in [5.74, 6) is -0.378. The number of hydrogen-bond acceptors (Lipinski definition) is 7. The van der Waals surface area contributed by atoms with Crippen LogP contribution in [0.5, 0.6) is 17.2 Å². The molecule has 1 aliphatic rings. The second-order valence-electron chi connectivity index (χ2n) is 8.46. The van der Waals surface area contributed by atoms with Crippen molar-refractivity contribution in [3.63, 3.8) is 0 Å². The van der Waals surface area contributed by atoms with Gasteiger partial charge in [0.1, 0.15) is 28.0 Å². The van der Waals surface area contributed by atoms with E-state index in [4.69, 9.17) is 25.8 Å². The fraction of sp³-hybridized carbons (Fsp3) is 0.179. The van der Waals surface area contributed by atoms with Crippen LogP contribution in [0.4, 0.5) is 11.4 Å². The van der Waals surface area contributed by atoms with Crippen LogP contribution in [0.2, 0.25) is 0 Å². The van der Waals surface area contributed by atoms with E-state index in [1.165, 1.54) is 14.2 Å². The van der Waals surface area contributed by atoms with Gasteiger partial charge in [-0.1, -0.05) is 43.6 Å². The quantitative estimate of drug-likeness (QED) is 0.239. The number of carbonyl (C=O) groups excluding carboxylic acids is 3. The Kier molecular flexibility index (Phi) is 7.50. The van der Waals surface area contributed by atoms with Gasteiger partial charge in [-0.3, -0.25) is 9.59 Å². The van der Waals surface area contributed by atoms with Gasteiger partial charge in [0.25, 0.3) is 11.8 Å². The number of anilines is 2. The van der Waals surface area contributed by atoms with Gasteiger partial charge >= 0.3 is 5.97 Å². The second-order valence-corrected chi connectivity index (χ2v) is 8.83. The van der Waals surface area contributed by atoms with E-state index in [1.54, 1.807) is 48.5 Å². The SMILES string of the molecule is COc1ccc(N2C(=O)C(Cl)=C(Nc3ccc(C(=O)Oc4ccccc4C(C)C)cc3)C2=O)c(OC)c1. The molecule has 37 heavy (non-hydrogen) atoms. The molecule has 190 valence electrons. The standard InChI is InChI=1S/C28H25ClN2O6/c1-16(2)20-7-5-6-8-22(20)37-28(34)17-9-11-18(12-10-17)30-25-24(29)26(32)31(27(25)33)21-14-13-19(35-3)15-23(21)36-4/h5-16,30H,1-4H3. The number of esters is 1. The summed E-state index contributed by atoms with van der Waals surface area (Å²) < 4.78 is 16.1. The van der Waals surface area contributed by atoms with Crippen molar-refractivity contribution in [2.75, 3.05) is 24.4 Å².